The Bertz CT molecular complexity index is 1220. The van der Waals surface area contributed by atoms with Crippen molar-refractivity contribution < 1.29 is 27.2 Å². The molecule has 10 heteroatoms. The van der Waals surface area contributed by atoms with Gasteiger partial charge in [0, 0.05) is 18.7 Å². The van der Waals surface area contributed by atoms with Crippen LogP contribution in [0.4, 0.5) is 5.69 Å². The maximum absolute atomic E-state index is 12.8. The molecule has 0 atom stereocenters. The fraction of sp³-hybridized carbons (Fsp3) is 0.217. The van der Waals surface area contributed by atoms with Gasteiger partial charge in [0.05, 0.1) is 42.2 Å². The number of hydrogen-bond donors (Lipinski definition) is 2. The summed E-state index contributed by atoms with van der Waals surface area (Å²) < 4.78 is 37.3. The summed E-state index contributed by atoms with van der Waals surface area (Å²) >= 11 is 0. The molecule has 2 heterocycles. The zero-order chi connectivity index (χ0) is 23.3. The SMILES string of the molecule is O=C(Nc1ccccc1C(=O)NCc1ccco1)c1ccc(S(=O)(=O)N2CCOCC2)cc1. The summed E-state index contributed by atoms with van der Waals surface area (Å²) in [5.74, 6) is -0.220. The number of amides is 2. The lowest BCUT2D eigenvalue weighted by atomic mass is 10.1. The van der Waals surface area contributed by atoms with Gasteiger partial charge in [-0.15, -0.1) is 0 Å². The standard InChI is InChI=1S/C23H23N3O6S/c27-22(17-7-9-19(10-8-17)33(29,30)26-11-14-31-15-12-26)25-21-6-2-1-5-20(21)23(28)24-16-18-4-3-13-32-18/h1-10,13H,11-12,14-16H2,(H,24,28)(H,25,27). The van der Waals surface area contributed by atoms with Crippen LogP contribution in [0.25, 0.3) is 0 Å². The number of benzene rings is 2. The molecule has 1 fully saturated rings. The molecular formula is C23H23N3O6S. The first-order valence-corrected chi connectivity index (χ1v) is 11.8. The second-order valence-electron chi connectivity index (χ2n) is 7.30. The van der Waals surface area contributed by atoms with E-state index in [9.17, 15) is 18.0 Å². The smallest absolute Gasteiger partial charge is 0.255 e. The van der Waals surface area contributed by atoms with Crippen molar-refractivity contribution in [2.24, 2.45) is 0 Å². The Morgan fingerprint density at radius 2 is 1.64 bits per heavy atom. The predicted molar refractivity (Wildman–Crippen MR) is 120 cm³/mol. The van der Waals surface area contributed by atoms with Gasteiger partial charge in [0.2, 0.25) is 10.0 Å². The molecule has 0 saturated carbocycles. The fourth-order valence-corrected chi connectivity index (χ4v) is 4.78. The van der Waals surface area contributed by atoms with E-state index in [0.717, 1.165) is 0 Å². The van der Waals surface area contributed by atoms with Crippen LogP contribution in [0, 0.1) is 0 Å². The molecule has 4 rings (SSSR count). The monoisotopic (exact) mass is 469 g/mol. The molecule has 33 heavy (non-hydrogen) atoms. The molecular weight excluding hydrogens is 446 g/mol. The van der Waals surface area contributed by atoms with Crippen molar-refractivity contribution in [3.05, 3.63) is 83.8 Å². The zero-order valence-electron chi connectivity index (χ0n) is 17.7. The van der Waals surface area contributed by atoms with Crippen molar-refractivity contribution in [1.29, 1.82) is 0 Å². The highest BCUT2D eigenvalue weighted by molar-refractivity contribution is 7.89. The number of anilines is 1. The van der Waals surface area contributed by atoms with Crippen molar-refractivity contribution in [2.75, 3.05) is 31.6 Å². The number of ether oxygens (including phenoxy) is 1. The molecule has 0 radical (unpaired) electrons. The van der Waals surface area contributed by atoms with Crippen molar-refractivity contribution >= 4 is 27.5 Å². The second kappa shape index (κ2) is 9.99. The van der Waals surface area contributed by atoms with Crippen LogP contribution in [-0.2, 0) is 21.3 Å². The molecule has 0 aliphatic carbocycles. The van der Waals surface area contributed by atoms with E-state index in [4.69, 9.17) is 9.15 Å². The highest BCUT2D eigenvalue weighted by atomic mass is 32.2. The number of nitrogens with zero attached hydrogens (tertiary/aromatic N) is 1. The maximum Gasteiger partial charge on any atom is 0.255 e. The van der Waals surface area contributed by atoms with Gasteiger partial charge in [-0.2, -0.15) is 4.31 Å². The molecule has 1 aliphatic rings. The van der Waals surface area contributed by atoms with Crippen LogP contribution >= 0.6 is 0 Å². The van der Waals surface area contributed by atoms with Crippen LogP contribution in [-0.4, -0.2) is 50.8 Å². The van der Waals surface area contributed by atoms with Gasteiger partial charge in [-0.05, 0) is 48.5 Å². The number of morpholine rings is 1. The lowest BCUT2D eigenvalue weighted by Crippen LogP contribution is -2.40. The first-order valence-electron chi connectivity index (χ1n) is 10.3. The highest BCUT2D eigenvalue weighted by Crippen LogP contribution is 2.20. The third kappa shape index (κ3) is 5.30. The molecule has 172 valence electrons. The molecule has 1 saturated heterocycles. The molecule has 2 N–H and O–H groups in total. The molecule has 0 bridgehead atoms. The minimum absolute atomic E-state index is 0.110. The molecule has 0 unspecified atom stereocenters. The van der Waals surface area contributed by atoms with Crippen LogP contribution in [0.2, 0.25) is 0 Å². The molecule has 9 nitrogen and oxygen atoms in total. The topological polar surface area (TPSA) is 118 Å². The van der Waals surface area contributed by atoms with Gasteiger partial charge in [0.1, 0.15) is 5.76 Å². The quantitative estimate of drug-likeness (QED) is 0.549. The molecule has 0 spiro atoms. The third-order valence-corrected chi connectivity index (χ3v) is 7.06. The van der Waals surface area contributed by atoms with Crippen molar-refractivity contribution in [3.8, 4) is 0 Å². The maximum atomic E-state index is 12.8. The lowest BCUT2D eigenvalue weighted by molar-refractivity contribution is 0.0730. The van der Waals surface area contributed by atoms with Gasteiger partial charge in [0.25, 0.3) is 11.8 Å². The number of nitrogens with one attached hydrogen (secondary N) is 2. The summed E-state index contributed by atoms with van der Waals surface area (Å²) in [5, 5.41) is 5.47. The van der Waals surface area contributed by atoms with E-state index in [1.165, 1.54) is 34.8 Å². The first kappa shape index (κ1) is 22.7. The average molecular weight is 470 g/mol. The Hall–Kier alpha value is -3.47. The van der Waals surface area contributed by atoms with Gasteiger partial charge in [0.15, 0.2) is 0 Å². The van der Waals surface area contributed by atoms with Crippen LogP contribution in [0.5, 0.6) is 0 Å². The summed E-state index contributed by atoms with van der Waals surface area (Å²) in [6, 6.07) is 15.8. The summed E-state index contributed by atoms with van der Waals surface area (Å²) in [5.41, 5.74) is 0.898. The number of hydrogen-bond acceptors (Lipinski definition) is 6. The van der Waals surface area contributed by atoms with Crippen molar-refractivity contribution in [2.45, 2.75) is 11.4 Å². The Balaban J connectivity index is 1.45. The van der Waals surface area contributed by atoms with Gasteiger partial charge in [-0.1, -0.05) is 12.1 Å². The van der Waals surface area contributed by atoms with E-state index >= 15 is 0 Å². The minimum atomic E-state index is -3.65. The number of carbonyl (C=O) groups excluding carboxylic acids is 2. The fourth-order valence-electron chi connectivity index (χ4n) is 3.37. The summed E-state index contributed by atoms with van der Waals surface area (Å²) in [6.07, 6.45) is 1.52. The van der Waals surface area contributed by atoms with Gasteiger partial charge < -0.3 is 19.8 Å². The summed E-state index contributed by atoms with van der Waals surface area (Å²) in [7, 11) is -3.65. The van der Waals surface area contributed by atoms with Gasteiger partial charge in [-0.3, -0.25) is 9.59 Å². The molecule has 2 amide bonds. The lowest BCUT2D eigenvalue weighted by Gasteiger charge is -2.26. The van der Waals surface area contributed by atoms with Crippen molar-refractivity contribution in [1.82, 2.24) is 9.62 Å². The zero-order valence-corrected chi connectivity index (χ0v) is 18.5. The number of carbonyl (C=O) groups is 2. The van der Waals surface area contributed by atoms with E-state index in [2.05, 4.69) is 10.6 Å². The van der Waals surface area contributed by atoms with E-state index in [1.807, 2.05) is 0 Å². The minimum Gasteiger partial charge on any atom is -0.467 e. The van der Waals surface area contributed by atoms with E-state index in [0.29, 0.717) is 43.3 Å². The molecule has 3 aromatic rings. The number of para-hydroxylation sites is 1. The Labute approximate surface area is 191 Å². The first-order chi connectivity index (χ1) is 15.9. The van der Waals surface area contributed by atoms with Crippen LogP contribution in [0.1, 0.15) is 26.5 Å². The van der Waals surface area contributed by atoms with Crippen LogP contribution in [0.3, 0.4) is 0 Å². The molecule has 1 aromatic heterocycles. The van der Waals surface area contributed by atoms with Crippen molar-refractivity contribution in [3.63, 3.8) is 0 Å². The predicted octanol–water partition coefficient (Wildman–Crippen LogP) is 2.48. The van der Waals surface area contributed by atoms with E-state index in [1.54, 1.807) is 36.4 Å². The van der Waals surface area contributed by atoms with Gasteiger partial charge in [-0.25, -0.2) is 8.42 Å². The molecule has 2 aromatic carbocycles. The number of sulfonamides is 1. The van der Waals surface area contributed by atoms with E-state index in [-0.39, 0.29) is 22.9 Å². The third-order valence-electron chi connectivity index (χ3n) is 5.15. The summed E-state index contributed by atoms with van der Waals surface area (Å²) in [4.78, 5) is 25.5. The number of rotatable bonds is 7. The Kier molecular flexibility index (Phi) is 6.87. The normalized spacial score (nSPS) is 14.5. The largest absolute Gasteiger partial charge is 0.467 e. The van der Waals surface area contributed by atoms with Crippen LogP contribution in [0.15, 0.2) is 76.2 Å². The Morgan fingerprint density at radius 1 is 0.909 bits per heavy atom. The Morgan fingerprint density at radius 3 is 2.33 bits per heavy atom. The van der Waals surface area contributed by atoms with E-state index < -0.39 is 15.9 Å². The average Bonchev–Trinajstić information content (AvgIpc) is 3.37. The van der Waals surface area contributed by atoms with Crippen LogP contribution < -0.4 is 10.6 Å². The highest BCUT2D eigenvalue weighted by Gasteiger charge is 2.26. The molecule has 1 aliphatic heterocycles. The number of furan rings is 1. The van der Waals surface area contributed by atoms with Gasteiger partial charge >= 0.3 is 0 Å². The second-order valence-corrected chi connectivity index (χ2v) is 9.24. The summed E-state index contributed by atoms with van der Waals surface area (Å²) in [6.45, 7) is 1.52.